The molecule has 0 spiro atoms. The van der Waals surface area contributed by atoms with Crippen molar-refractivity contribution in [2.24, 2.45) is 5.73 Å². The average Bonchev–Trinajstić information content (AvgIpc) is 2.84. The van der Waals surface area contributed by atoms with Gasteiger partial charge < -0.3 is 11.1 Å². The molecule has 0 bridgehead atoms. The van der Waals surface area contributed by atoms with Gasteiger partial charge in [0.05, 0.1) is 0 Å². The topological polar surface area (TPSA) is 38.0 Å². The van der Waals surface area contributed by atoms with Crippen LogP contribution in [0.5, 0.6) is 0 Å². The first kappa shape index (κ1) is 24.9. The molecule has 0 aliphatic rings. The van der Waals surface area contributed by atoms with Gasteiger partial charge in [0.25, 0.3) is 0 Å². The van der Waals surface area contributed by atoms with Crippen LogP contribution in [0.4, 0.5) is 0 Å². The highest BCUT2D eigenvalue weighted by atomic mass is 15.0. The normalized spacial score (nSPS) is 12.4. The fourth-order valence-corrected chi connectivity index (χ4v) is 3.43. The molecule has 0 radical (unpaired) electrons. The van der Waals surface area contributed by atoms with E-state index in [0.717, 1.165) is 40.0 Å². The molecule has 0 saturated heterocycles. The maximum Gasteiger partial charge on any atom is 0.101 e. The summed E-state index contributed by atoms with van der Waals surface area (Å²) in [6.07, 6.45) is 4.81. The first-order valence-corrected chi connectivity index (χ1v) is 11.4. The third-order valence-corrected chi connectivity index (χ3v) is 4.96. The summed E-state index contributed by atoms with van der Waals surface area (Å²) in [4.78, 5) is 0. The highest BCUT2D eigenvalue weighted by molar-refractivity contribution is 5.85. The lowest BCUT2D eigenvalue weighted by Gasteiger charge is -2.22. The second kappa shape index (κ2) is 13.1. The fourth-order valence-electron chi connectivity index (χ4n) is 3.43. The minimum absolute atomic E-state index is 0.383. The highest BCUT2D eigenvalue weighted by Crippen LogP contribution is 2.24. The van der Waals surface area contributed by atoms with Gasteiger partial charge in [-0.1, -0.05) is 118 Å². The van der Waals surface area contributed by atoms with Gasteiger partial charge in [0.2, 0.25) is 0 Å². The zero-order chi connectivity index (χ0) is 23.3. The number of nitrogens with one attached hydrogen (secondary N) is 1. The van der Waals surface area contributed by atoms with Crippen LogP contribution in [-0.2, 0) is 0 Å². The molecule has 0 amide bonds. The van der Waals surface area contributed by atoms with E-state index < -0.39 is 0 Å². The van der Waals surface area contributed by atoms with Crippen LogP contribution < -0.4 is 11.1 Å². The Bertz CT molecular complexity index is 1030. The van der Waals surface area contributed by atoms with Crippen LogP contribution in [0.2, 0.25) is 0 Å². The van der Waals surface area contributed by atoms with Gasteiger partial charge in [0.15, 0.2) is 0 Å². The number of benzene rings is 3. The van der Waals surface area contributed by atoms with Crippen molar-refractivity contribution in [3.8, 4) is 0 Å². The SMILES string of the molecule is C=C(/C=C(/c1ccccc1)C(N)N/C(=C\CC)c1cccc(C)c1)c1ccccc1.CC. The van der Waals surface area contributed by atoms with Crippen LogP contribution in [0.25, 0.3) is 16.8 Å². The van der Waals surface area contributed by atoms with Crippen molar-refractivity contribution in [3.05, 3.63) is 126 Å². The van der Waals surface area contributed by atoms with Crippen molar-refractivity contribution in [1.82, 2.24) is 5.32 Å². The number of aryl methyl sites for hydroxylation is 1. The van der Waals surface area contributed by atoms with Crippen molar-refractivity contribution in [2.75, 3.05) is 0 Å². The summed E-state index contributed by atoms with van der Waals surface area (Å²) in [6, 6.07) is 28.9. The van der Waals surface area contributed by atoms with Crippen LogP contribution in [0.15, 0.2) is 104 Å². The summed E-state index contributed by atoms with van der Waals surface area (Å²) in [7, 11) is 0. The maximum absolute atomic E-state index is 6.72. The molecule has 0 fully saturated rings. The highest BCUT2D eigenvalue weighted by Gasteiger charge is 2.14. The Hall–Kier alpha value is -3.36. The summed E-state index contributed by atoms with van der Waals surface area (Å²) >= 11 is 0. The zero-order valence-electron chi connectivity index (χ0n) is 19.8. The van der Waals surface area contributed by atoms with E-state index in [0.29, 0.717) is 0 Å². The zero-order valence-corrected chi connectivity index (χ0v) is 19.8. The summed E-state index contributed by atoms with van der Waals surface area (Å²) in [5.74, 6) is 0. The third kappa shape index (κ3) is 7.11. The second-order valence-electron chi connectivity index (χ2n) is 7.37. The summed E-state index contributed by atoms with van der Waals surface area (Å²) in [5, 5.41) is 3.55. The number of rotatable bonds is 8. The molecule has 0 aliphatic carbocycles. The van der Waals surface area contributed by atoms with Gasteiger partial charge in [0.1, 0.15) is 6.17 Å². The number of hydrogen-bond donors (Lipinski definition) is 2. The van der Waals surface area contributed by atoms with Crippen LogP contribution in [0, 0.1) is 6.92 Å². The minimum atomic E-state index is -0.383. The van der Waals surface area contributed by atoms with E-state index in [4.69, 9.17) is 5.73 Å². The molecule has 1 atom stereocenters. The molecule has 3 N–H and O–H groups in total. The van der Waals surface area contributed by atoms with Gasteiger partial charge in [-0.25, -0.2) is 0 Å². The molecule has 2 nitrogen and oxygen atoms in total. The number of allylic oxidation sites excluding steroid dienone is 3. The molecule has 0 saturated carbocycles. The average molecular weight is 425 g/mol. The van der Waals surface area contributed by atoms with Crippen molar-refractivity contribution in [3.63, 3.8) is 0 Å². The lowest BCUT2D eigenvalue weighted by Crippen LogP contribution is -2.37. The number of hydrogen-bond acceptors (Lipinski definition) is 2. The molecule has 1 unspecified atom stereocenters. The van der Waals surface area contributed by atoms with Crippen molar-refractivity contribution in [1.29, 1.82) is 0 Å². The summed E-state index contributed by atoms with van der Waals surface area (Å²) in [5.41, 5.74) is 14.2. The van der Waals surface area contributed by atoms with Crippen molar-refractivity contribution >= 4 is 16.8 Å². The van der Waals surface area contributed by atoms with Crippen LogP contribution in [-0.4, -0.2) is 6.17 Å². The van der Waals surface area contributed by atoms with Crippen LogP contribution in [0.3, 0.4) is 0 Å². The molecule has 0 aromatic heterocycles. The van der Waals surface area contributed by atoms with E-state index in [9.17, 15) is 0 Å². The van der Waals surface area contributed by atoms with Gasteiger partial charge in [-0.2, -0.15) is 0 Å². The first-order valence-electron chi connectivity index (χ1n) is 11.4. The molecular weight excluding hydrogens is 388 g/mol. The number of nitrogens with two attached hydrogens (primary N) is 1. The third-order valence-electron chi connectivity index (χ3n) is 4.96. The Morgan fingerprint density at radius 3 is 2.00 bits per heavy atom. The van der Waals surface area contributed by atoms with Gasteiger partial charge in [0, 0.05) is 5.70 Å². The molecule has 2 heteroatoms. The standard InChI is InChI=1S/C28H30N2.C2H6/c1-4-12-27(25-18-11-13-21(2)19-25)30-28(29)26(24-16-9-6-10-17-24)20-22(3)23-14-7-5-8-15-23;1-2/h5-20,28,30H,3-4,29H2,1-2H3;1-2H3/b26-20-,27-12-;. The molecule has 3 aromatic rings. The first-order chi connectivity index (χ1) is 15.6. The van der Waals surface area contributed by atoms with E-state index in [1.807, 2.05) is 50.2 Å². The molecule has 166 valence electrons. The molecule has 0 heterocycles. The Morgan fingerprint density at radius 1 is 0.875 bits per heavy atom. The largest absolute Gasteiger partial charge is 0.366 e. The Kier molecular flexibility index (Phi) is 10.2. The Balaban J connectivity index is 0.00000176. The monoisotopic (exact) mass is 424 g/mol. The van der Waals surface area contributed by atoms with Crippen molar-refractivity contribution < 1.29 is 0 Å². The second-order valence-corrected chi connectivity index (χ2v) is 7.37. The molecule has 3 rings (SSSR count). The molecule has 3 aromatic carbocycles. The summed E-state index contributed by atoms with van der Waals surface area (Å²) in [6.45, 7) is 12.5. The molecular formula is C30H36N2. The van der Waals surface area contributed by atoms with E-state index in [2.05, 4.69) is 86.4 Å². The maximum atomic E-state index is 6.72. The van der Waals surface area contributed by atoms with Gasteiger partial charge >= 0.3 is 0 Å². The Labute approximate surface area is 194 Å². The van der Waals surface area contributed by atoms with Crippen LogP contribution in [0.1, 0.15) is 49.4 Å². The van der Waals surface area contributed by atoms with E-state index >= 15 is 0 Å². The van der Waals surface area contributed by atoms with Gasteiger partial charge in [-0.05, 0) is 53.3 Å². The van der Waals surface area contributed by atoms with E-state index in [-0.39, 0.29) is 6.17 Å². The van der Waals surface area contributed by atoms with Gasteiger partial charge in [-0.15, -0.1) is 0 Å². The quantitative estimate of drug-likeness (QED) is 0.291. The molecule has 0 aliphatic heterocycles. The summed E-state index contributed by atoms with van der Waals surface area (Å²) < 4.78 is 0. The van der Waals surface area contributed by atoms with Gasteiger partial charge in [-0.3, -0.25) is 0 Å². The minimum Gasteiger partial charge on any atom is -0.366 e. The predicted octanol–water partition coefficient (Wildman–Crippen LogP) is 7.44. The predicted molar refractivity (Wildman–Crippen MR) is 142 cm³/mol. The van der Waals surface area contributed by atoms with E-state index in [1.165, 1.54) is 5.56 Å². The lowest BCUT2D eigenvalue weighted by atomic mass is 9.97. The van der Waals surface area contributed by atoms with E-state index in [1.54, 1.807) is 0 Å². The Morgan fingerprint density at radius 2 is 1.44 bits per heavy atom. The van der Waals surface area contributed by atoms with Crippen molar-refractivity contribution in [2.45, 2.75) is 40.3 Å². The lowest BCUT2D eigenvalue weighted by molar-refractivity contribution is 0.766. The molecule has 32 heavy (non-hydrogen) atoms. The fraction of sp³-hybridized carbons (Fsp3) is 0.200. The smallest absolute Gasteiger partial charge is 0.101 e. The van der Waals surface area contributed by atoms with Crippen LogP contribution >= 0.6 is 0 Å².